The maximum absolute atomic E-state index is 13.4. The van der Waals surface area contributed by atoms with Gasteiger partial charge in [-0.05, 0) is 47.9 Å². The molecule has 1 aliphatic heterocycles. The van der Waals surface area contributed by atoms with Crippen LogP contribution < -0.4 is 4.90 Å². The van der Waals surface area contributed by atoms with Crippen molar-refractivity contribution < 1.29 is 14.3 Å². The molecular weight excluding hydrogens is 337 g/mol. The zero-order valence-corrected chi connectivity index (χ0v) is 12.7. The van der Waals surface area contributed by atoms with E-state index in [0.29, 0.717) is 6.54 Å². The molecule has 1 heterocycles. The molecule has 0 atom stereocenters. The van der Waals surface area contributed by atoms with Crippen LogP contribution in [0.5, 0.6) is 0 Å². The third-order valence-corrected chi connectivity index (χ3v) is 4.47. The molecule has 0 aromatic heterocycles. The summed E-state index contributed by atoms with van der Waals surface area (Å²) in [5.41, 5.74) is 3.18. The van der Waals surface area contributed by atoms with Crippen LogP contribution in [0.1, 0.15) is 21.5 Å². The minimum Gasteiger partial charge on any atom is -0.478 e. The van der Waals surface area contributed by atoms with E-state index >= 15 is 0 Å². The van der Waals surface area contributed by atoms with Gasteiger partial charge in [0.1, 0.15) is 5.82 Å². The Kier molecular flexibility index (Phi) is 3.68. The first-order valence-electron chi connectivity index (χ1n) is 6.59. The summed E-state index contributed by atoms with van der Waals surface area (Å²) in [5, 5.41) is 9.10. The highest BCUT2D eigenvalue weighted by Crippen LogP contribution is 2.31. The molecule has 2 aromatic rings. The fourth-order valence-electron chi connectivity index (χ4n) is 2.61. The molecule has 0 saturated heterocycles. The zero-order chi connectivity index (χ0) is 15.0. The summed E-state index contributed by atoms with van der Waals surface area (Å²) in [6.07, 6.45) is 0.877. The smallest absolute Gasteiger partial charge is 0.335 e. The first-order valence-corrected chi connectivity index (χ1v) is 7.39. The Bertz CT molecular complexity index is 717. The lowest BCUT2D eigenvalue weighted by Gasteiger charge is -2.20. The van der Waals surface area contributed by atoms with Crippen molar-refractivity contribution in [1.29, 1.82) is 0 Å². The molecule has 0 bridgehead atoms. The van der Waals surface area contributed by atoms with Crippen LogP contribution in [-0.2, 0) is 13.0 Å². The monoisotopic (exact) mass is 349 g/mol. The van der Waals surface area contributed by atoms with Gasteiger partial charge < -0.3 is 10.0 Å². The summed E-state index contributed by atoms with van der Waals surface area (Å²) >= 11 is 3.43. The van der Waals surface area contributed by atoms with Gasteiger partial charge in [-0.25, -0.2) is 9.18 Å². The van der Waals surface area contributed by atoms with E-state index in [-0.39, 0.29) is 11.4 Å². The predicted octanol–water partition coefficient (Wildman–Crippen LogP) is 3.85. The maximum atomic E-state index is 13.4. The van der Waals surface area contributed by atoms with Crippen LogP contribution >= 0.6 is 15.9 Å². The normalized spacial score (nSPS) is 13.3. The molecule has 3 nitrogen and oxygen atoms in total. The summed E-state index contributed by atoms with van der Waals surface area (Å²) < 4.78 is 14.2. The Hall–Kier alpha value is -1.88. The lowest BCUT2D eigenvalue weighted by atomic mass is 10.1. The Morgan fingerprint density at radius 2 is 2.10 bits per heavy atom. The summed E-state index contributed by atoms with van der Waals surface area (Å²) in [7, 11) is 0. The Morgan fingerprint density at radius 1 is 1.29 bits per heavy atom. The minimum absolute atomic E-state index is 0.271. The molecule has 1 N–H and O–H groups in total. The zero-order valence-electron chi connectivity index (χ0n) is 11.1. The standard InChI is InChI=1S/C16H13BrFNO2/c17-14-4-3-13(18)7-12(14)9-19-6-5-10-1-2-11(16(20)21)8-15(10)19/h1-4,7-8H,5-6,9H2,(H,20,21). The van der Waals surface area contributed by atoms with Gasteiger partial charge in [0, 0.05) is 23.2 Å². The van der Waals surface area contributed by atoms with E-state index in [1.807, 2.05) is 6.07 Å². The molecular formula is C16H13BrFNO2. The van der Waals surface area contributed by atoms with Crippen molar-refractivity contribution in [3.8, 4) is 0 Å². The van der Waals surface area contributed by atoms with Crippen LogP contribution in [0.2, 0.25) is 0 Å². The number of benzene rings is 2. The molecule has 2 aromatic carbocycles. The van der Waals surface area contributed by atoms with Gasteiger partial charge in [0.05, 0.1) is 5.56 Å². The van der Waals surface area contributed by atoms with Crippen LogP contribution in [0.3, 0.4) is 0 Å². The van der Waals surface area contributed by atoms with E-state index in [4.69, 9.17) is 5.11 Å². The SMILES string of the molecule is O=C(O)c1ccc2c(c1)N(Cc1cc(F)ccc1Br)CC2. The number of carboxylic acid groups (broad SMARTS) is 1. The third-order valence-electron chi connectivity index (χ3n) is 3.69. The summed E-state index contributed by atoms with van der Waals surface area (Å²) in [6.45, 7) is 1.36. The predicted molar refractivity (Wildman–Crippen MR) is 82.3 cm³/mol. The second kappa shape index (κ2) is 5.48. The molecule has 5 heteroatoms. The number of nitrogens with zero attached hydrogens (tertiary/aromatic N) is 1. The van der Waals surface area contributed by atoms with Crippen molar-refractivity contribution in [2.75, 3.05) is 11.4 Å². The highest BCUT2D eigenvalue weighted by atomic mass is 79.9. The molecule has 3 rings (SSSR count). The van der Waals surface area contributed by atoms with Crippen LogP contribution in [0, 0.1) is 5.82 Å². The van der Waals surface area contributed by atoms with Crippen LogP contribution in [0.25, 0.3) is 0 Å². The number of aromatic carboxylic acids is 1. The maximum Gasteiger partial charge on any atom is 0.335 e. The molecule has 1 aliphatic rings. The van der Waals surface area contributed by atoms with Crippen LogP contribution in [0.4, 0.5) is 10.1 Å². The third kappa shape index (κ3) is 2.78. The quantitative estimate of drug-likeness (QED) is 0.914. The van der Waals surface area contributed by atoms with E-state index in [9.17, 15) is 9.18 Å². The minimum atomic E-state index is -0.934. The number of halogens is 2. The molecule has 21 heavy (non-hydrogen) atoms. The summed E-state index contributed by atoms with van der Waals surface area (Å²) in [6, 6.07) is 9.78. The van der Waals surface area contributed by atoms with E-state index in [1.165, 1.54) is 12.1 Å². The average molecular weight is 350 g/mol. The number of carboxylic acids is 1. The largest absolute Gasteiger partial charge is 0.478 e. The molecule has 108 valence electrons. The molecule has 0 radical (unpaired) electrons. The molecule has 0 saturated carbocycles. The van der Waals surface area contributed by atoms with Crippen LogP contribution in [0.15, 0.2) is 40.9 Å². The van der Waals surface area contributed by atoms with Gasteiger partial charge in [-0.3, -0.25) is 0 Å². The van der Waals surface area contributed by atoms with Gasteiger partial charge in [0.15, 0.2) is 0 Å². The highest BCUT2D eigenvalue weighted by Gasteiger charge is 2.21. The molecule has 0 spiro atoms. The Morgan fingerprint density at radius 3 is 2.86 bits per heavy atom. The first kappa shape index (κ1) is 14.1. The molecule has 0 amide bonds. The van der Waals surface area contributed by atoms with E-state index in [0.717, 1.165) is 34.3 Å². The number of hydrogen-bond acceptors (Lipinski definition) is 2. The second-order valence-electron chi connectivity index (χ2n) is 5.06. The summed E-state index contributed by atoms with van der Waals surface area (Å²) in [5.74, 6) is -1.21. The number of fused-ring (bicyclic) bond motifs is 1. The topological polar surface area (TPSA) is 40.5 Å². The first-order chi connectivity index (χ1) is 10.0. The van der Waals surface area contributed by atoms with Crippen molar-refractivity contribution in [3.63, 3.8) is 0 Å². The fraction of sp³-hybridized carbons (Fsp3) is 0.188. The Labute approximate surface area is 130 Å². The van der Waals surface area contributed by atoms with Gasteiger partial charge in [-0.1, -0.05) is 22.0 Å². The van der Waals surface area contributed by atoms with Crippen molar-refractivity contribution in [2.24, 2.45) is 0 Å². The van der Waals surface area contributed by atoms with Crippen molar-refractivity contribution in [3.05, 3.63) is 63.4 Å². The average Bonchev–Trinajstić information content (AvgIpc) is 2.85. The van der Waals surface area contributed by atoms with E-state index in [1.54, 1.807) is 18.2 Å². The number of anilines is 1. The lowest BCUT2D eigenvalue weighted by molar-refractivity contribution is 0.0697. The summed E-state index contributed by atoms with van der Waals surface area (Å²) in [4.78, 5) is 13.2. The van der Waals surface area contributed by atoms with Gasteiger partial charge in [0.2, 0.25) is 0 Å². The second-order valence-corrected chi connectivity index (χ2v) is 5.91. The number of carbonyl (C=O) groups is 1. The lowest BCUT2D eigenvalue weighted by Crippen LogP contribution is -2.20. The van der Waals surface area contributed by atoms with Gasteiger partial charge >= 0.3 is 5.97 Å². The van der Waals surface area contributed by atoms with E-state index < -0.39 is 5.97 Å². The van der Waals surface area contributed by atoms with Crippen LogP contribution in [-0.4, -0.2) is 17.6 Å². The molecule has 0 fully saturated rings. The number of hydrogen-bond donors (Lipinski definition) is 1. The molecule has 0 unspecified atom stereocenters. The van der Waals surface area contributed by atoms with Crippen molar-refractivity contribution in [1.82, 2.24) is 0 Å². The van der Waals surface area contributed by atoms with E-state index in [2.05, 4.69) is 20.8 Å². The van der Waals surface area contributed by atoms with Crippen molar-refractivity contribution in [2.45, 2.75) is 13.0 Å². The number of rotatable bonds is 3. The molecule has 0 aliphatic carbocycles. The Balaban J connectivity index is 1.92. The fourth-order valence-corrected chi connectivity index (χ4v) is 2.98. The van der Waals surface area contributed by atoms with Gasteiger partial charge in [-0.2, -0.15) is 0 Å². The van der Waals surface area contributed by atoms with Crippen molar-refractivity contribution >= 4 is 27.6 Å². The highest BCUT2D eigenvalue weighted by molar-refractivity contribution is 9.10. The van der Waals surface area contributed by atoms with Gasteiger partial charge in [-0.15, -0.1) is 0 Å². The van der Waals surface area contributed by atoms with Gasteiger partial charge in [0.25, 0.3) is 0 Å².